The van der Waals surface area contributed by atoms with Crippen molar-refractivity contribution in [3.8, 4) is 0 Å². The maximum absolute atomic E-state index is 13.1. The van der Waals surface area contributed by atoms with Gasteiger partial charge in [-0.05, 0) is 61.0 Å². The fourth-order valence-corrected chi connectivity index (χ4v) is 6.81. The second kappa shape index (κ2) is 7.41. The summed E-state index contributed by atoms with van der Waals surface area (Å²) in [5, 5.41) is 3.08. The van der Waals surface area contributed by atoms with Crippen LogP contribution in [0, 0.1) is 0 Å². The Morgan fingerprint density at radius 2 is 1.84 bits per heavy atom. The molecule has 0 fully saturated rings. The van der Waals surface area contributed by atoms with Crippen LogP contribution in [-0.4, -0.2) is 33.0 Å². The Kier molecular flexibility index (Phi) is 4.50. The smallest absolute Gasteiger partial charge is 0.265 e. The van der Waals surface area contributed by atoms with Crippen molar-refractivity contribution in [2.24, 2.45) is 0 Å². The van der Waals surface area contributed by atoms with Crippen molar-refractivity contribution in [1.82, 2.24) is 4.98 Å². The molecule has 5 nitrogen and oxygen atoms in total. The average Bonchev–Trinajstić information content (AvgIpc) is 3.37. The number of aromatic nitrogens is 1. The molecule has 0 saturated carbocycles. The summed E-state index contributed by atoms with van der Waals surface area (Å²) >= 11 is 0. The van der Waals surface area contributed by atoms with E-state index in [2.05, 4.69) is 40.2 Å². The Hall–Kier alpha value is -3.25. The molecular weight excluding hydrogens is 418 g/mol. The quantitative estimate of drug-likeness (QED) is 0.418. The molecule has 1 aromatic heterocycles. The minimum atomic E-state index is -3.46. The number of nitrogens with zero attached hydrogens (tertiary/aromatic N) is 2. The molecule has 0 amide bonds. The third-order valence-electron chi connectivity index (χ3n) is 6.75. The minimum Gasteiger partial charge on any atom is -0.367 e. The Balaban J connectivity index is 1.13. The minimum absolute atomic E-state index is 0.442. The highest BCUT2D eigenvalue weighted by Gasteiger charge is 2.34. The topological polar surface area (TPSA) is 56.4 Å². The van der Waals surface area contributed by atoms with Crippen molar-refractivity contribution >= 4 is 43.1 Å². The molecule has 0 unspecified atom stereocenters. The maximum atomic E-state index is 13.1. The van der Waals surface area contributed by atoms with Crippen molar-refractivity contribution in [3.63, 3.8) is 0 Å². The van der Waals surface area contributed by atoms with Crippen LogP contribution in [0.25, 0.3) is 21.7 Å². The number of aromatic amines is 1. The Morgan fingerprint density at radius 1 is 0.969 bits per heavy atom. The number of sulfonamides is 1. The van der Waals surface area contributed by atoms with Crippen molar-refractivity contribution < 1.29 is 8.42 Å². The summed E-state index contributed by atoms with van der Waals surface area (Å²) in [5.41, 5.74) is 4.66. The molecule has 6 heteroatoms. The number of anilines is 2. The summed E-state index contributed by atoms with van der Waals surface area (Å²) in [6.07, 6.45) is 7.07. The molecule has 4 aromatic rings. The van der Waals surface area contributed by atoms with E-state index in [-0.39, 0.29) is 0 Å². The average molecular weight is 444 g/mol. The second-order valence-electron chi connectivity index (χ2n) is 8.62. The van der Waals surface area contributed by atoms with Crippen LogP contribution in [0.2, 0.25) is 0 Å². The van der Waals surface area contributed by atoms with E-state index in [0.29, 0.717) is 11.4 Å². The van der Waals surface area contributed by atoms with Crippen molar-refractivity contribution in [3.05, 3.63) is 78.5 Å². The van der Waals surface area contributed by atoms with E-state index in [1.165, 1.54) is 16.6 Å². The first kappa shape index (κ1) is 19.4. The van der Waals surface area contributed by atoms with Gasteiger partial charge in [0, 0.05) is 47.8 Å². The fraction of sp³-hybridized carbons (Fsp3) is 0.231. The summed E-state index contributed by atoms with van der Waals surface area (Å²) in [6.45, 7) is 2.41. The lowest BCUT2D eigenvalue weighted by Crippen LogP contribution is -2.29. The van der Waals surface area contributed by atoms with Crippen molar-refractivity contribution in [2.45, 2.75) is 24.2 Å². The molecule has 0 spiro atoms. The van der Waals surface area contributed by atoms with Gasteiger partial charge in [-0.15, -0.1) is 0 Å². The molecule has 2 aliphatic rings. The standard InChI is InChI=1S/C26H25N3O2S/c30-32(31)25-8-2-6-20-5-1-7-24(26(20)25)29(32)15-3-4-19-12-16-28(17-13-19)22-9-10-23-21(18-22)11-14-27-23/h1-2,5-12,14,18,27H,3-4,13,15-17H2. The normalized spacial score (nSPS) is 17.3. The highest BCUT2D eigenvalue weighted by molar-refractivity contribution is 7.93. The van der Waals surface area contributed by atoms with E-state index in [0.717, 1.165) is 54.3 Å². The van der Waals surface area contributed by atoms with Gasteiger partial charge >= 0.3 is 0 Å². The number of fused-ring (bicyclic) bond motifs is 1. The Morgan fingerprint density at radius 3 is 2.69 bits per heavy atom. The lowest BCUT2D eigenvalue weighted by atomic mass is 10.0. The third-order valence-corrected chi connectivity index (χ3v) is 8.60. The molecule has 32 heavy (non-hydrogen) atoms. The lowest BCUT2D eigenvalue weighted by molar-refractivity contribution is 0.591. The van der Waals surface area contributed by atoms with Gasteiger partial charge in [-0.1, -0.05) is 35.9 Å². The number of nitrogens with one attached hydrogen (secondary N) is 1. The number of hydrogen-bond acceptors (Lipinski definition) is 3. The molecule has 0 saturated heterocycles. The van der Waals surface area contributed by atoms with Crippen LogP contribution in [0.5, 0.6) is 0 Å². The molecule has 0 aliphatic carbocycles. The number of rotatable bonds is 5. The van der Waals surface area contributed by atoms with Gasteiger partial charge in [-0.3, -0.25) is 4.31 Å². The van der Waals surface area contributed by atoms with Crippen LogP contribution in [0.4, 0.5) is 11.4 Å². The number of hydrogen-bond donors (Lipinski definition) is 1. The first-order valence-corrected chi connectivity index (χ1v) is 12.6. The predicted molar refractivity (Wildman–Crippen MR) is 131 cm³/mol. The van der Waals surface area contributed by atoms with Crippen molar-refractivity contribution in [2.75, 3.05) is 28.8 Å². The van der Waals surface area contributed by atoms with E-state index in [4.69, 9.17) is 0 Å². The zero-order valence-electron chi connectivity index (χ0n) is 17.8. The summed E-state index contributed by atoms with van der Waals surface area (Å²) < 4.78 is 27.8. The van der Waals surface area contributed by atoms with E-state index >= 15 is 0 Å². The van der Waals surface area contributed by atoms with Gasteiger partial charge in [-0.25, -0.2) is 8.42 Å². The van der Waals surface area contributed by atoms with Crippen LogP contribution >= 0.6 is 0 Å². The van der Waals surface area contributed by atoms with Crippen LogP contribution in [0.1, 0.15) is 19.3 Å². The van der Waals surface area contributed by atoms with Gasteiger partial charge in [0.15, 0.2) is 0 Å². The molecular formula is C26H25N3O2S. The van der Waals surface area contributed by atoms with Gasteiger partial charge in [0.2, 0.25) is 0 Å². The van der Waals surface area contributed by atoms with Gasteiger partial charge in [-0.2, -0.15) is 0 Å². The highest BCUT2D eigenvalue weighted by Crippen LogP contribution is 2.42. The van der Waals surface area contributed by atoms with E-state index in [9.17, 15) is 8.42 Å². The van der Waals surface area contributed by atoms with Gasteiger partial charge in [0.25, 0.3) is 10.0 Å². The van der Waals surface area contributed by atoms with Crippen LogP contribution in [0.3, 0.4) is 0 Å². The van der Waals surface area contributed by atoms with Gasteiger partial charge < -0.3 is 9.88 Å². The third kappa shape index (κ3) is 3.09. The SMILES string of the molecule is O=S1(=O)c2cccc3cccc(c23)N1CCCC1=CCN(c2ccc3[nH]ccc3c2)CC1. The summed E-state index contributed by atoms with van der Waals surface area (Å²) in [7, 11) is -3.46. The Labute approximate surface area is 188 Å². The molecule has 2 aliphatic heterocycles. The molecule has 0 bridgehead atoms. The first-order chi connectivity index (χ1) is 15.6. The zero-order valence-corrected chi connectivity index (χ0v) is 18.6. The summed E-state index contributed by atoms with van der Waals surface area (Å²) in [6, 6.07) is 20.0. The predicted octanol–water partition coefficient (Wildman–Crippen LogP) is 5.45. The maximum Gasteiger partial charge on any atom is 0.265 e. The van der Waals surface area contributed by atoms with Crippen LogP contribution < -0.4 is 9.21 Å². The van der Waals surface area contributed by atoms with Gasteiger partial charge in [0.1, 0.15) is 0 Å². The van der Waals surface area contributed by atoms with E-state index < -0.39 is 10.0 Å². The summed E-state index contributed by atoms with van der Waals surface area (Å²) in [4.78, 5) is 6.09. The van der Waals surface area contributed by atoms with E-state index in [1.54, 1.807) is 10.4 Å². The van der Waals surface area contributed by atoms with Crippen LogP contribution in [-0.2, 0) is 10.0 Å². The molecule has 0 atom stereocenters. The molecule has 0 radical (unpaired) electrons. The highest BCUT2D eigenvalue weighted by atomic mass is 32.2. The zero-order chi connectivity index (χ0) is 21.7. The second-order valence-corrected chi connectivity index (χ2v) is 10.5. The fourth-order valence-electron chi connectivity index (χ4n) is 5.06. The first-order valence-electron chi connectivity index (χ1n) is 11.2. The van der Waals surface area contributed by atoms with E-state index in [1.807, 2.05) is 36.5 Å². The van der Waals surface area contributed by atoms with Crippen molar-refractivity contribution in [1.29, 1.82) is 0 Å². The lowest BCUT2D eigenvalue weighted by Gasteiger charge is -2.29. The number of benzene rings is 3. The molecule has 162 valence electrons. The monoisotopic (exact) mass is 443 g/mol. The van der Waals surface area contributed by atoms with Crippen LogP contribution in [0.15, 0.2) is 83.4 Å². The molecule has 1 N–H and O–H groups in total. The summed E-state index contributed by atoms with van der Waals surface area (Å²) in [5.74, 6) is 0. The van der Waals surface area contributed by atoms with Gasteiger partial charge in [0.05, 0.1) is 10.6 Å². The molecule has 3 heterocycles. The largest absolute Gasteiger partial charge is 0.367 e. The Bertz CT molecular complexity index is 1460. The molecule has 3 aromatic carbocycles. The molecule has 6 rings (SSSR count). The number of H-pyrrole nitrogens is 1.